The number of hydrogen-bond acceptors (Lipinski definition) is 6. The van der Waals surface area contributed by atoms with Crippen molar-refractivity contribution in [1.29, 1.82) is 0 Å². The monoisotopic (exact) mass is 253 g/mol. The van der Waals surface area contributed by atoms with Crippen LogP contribution in [-0.2, 0) is 9.53 Å². The maximum absolute atomic E-state index is 11.2. The predicted octanol–water partition coefficient (Wildman–Crippen LogP) is 0.928. The first-order chi connectivity index (χ1) is 8.58. The number of nitrogens with zero attached hydrogens (tertiary/aromatic N) is 2. The number of carboxylic acid groups (broad SMARTS) is 1. The fraction of sp³-hybridized carbons (Fsp3) is 0.455. The van der Waals surface area contributed by atoms with E-state index in [0.717, 1.165) is 0 Å². The summed E-state index contributed by atoms with van der Waals surface area (Å²) in [5.41, 5.74) is 0.0307. The molecule has 0 amide bonds. The van der Waals surface area contributed by atoms with E-state index < -0.39 is 18.0 Å². The van der Waals surface area contributed by atoms with Crippen LogP contribution in [0.2, 0.25) is 0 Å². The molecule has 0 spiro atoms. The molecule has 1 aromatic heterocycles. The number of aromatic nitrogens is 2. The zero-order valence-corrected chi connectivity index (χ0v) is 10.2. The molecule has 2 N–H and O–H groups in total. The number of anilines is 1. The zero-order chi connectivity index (χ0) is 13.5. The lowest BCUT2D eigenvalue weighted by Crippen LogP contribution is -2.29. The first-order valence-corrected chi connectivity index (χ1v) is 5.48. The number of carbonyl (C=O) groups excluding carboxylic acids is 1. The minimum Gasteiger partial charge on any atom is -0.480 e. The van der Waals surface area contributed by atoms with E-state index in [1.807, 2.05) is 6.92 Å². The molecule has 0 aliphatic rings. The Hall–Kier alpha value is -2.18. The smallest absolute Gasteiger partial charge is 0.358 e. The second kappa shape index (κ2) is 6.53. The maximum atomic E-state index is 11.2. The number of carbonyl (C=O) groups is 2. The lowest BCUT2D eigenvalue weighted by Gasteiger charge is -2.13. The lowest BCUT2D eigenvalue weighted by molar-refractivity contribution is -0.138. The molecular weight excluding hydrogens is 238 g/mol. The molecule has 0 saturated heterocycles. The summed E-state index contributed by atoms with van der Waals surface area (Å²) >= 11 is 0. The molecule has 98 valence electrons. The van der Waals surface area contributed by atoms with E-state index in [-0.39, 0.29) is 11.5 Å². The molecule has 0 aliphatic heterocycles. The van der Waals surface area contributed by atoms with Gasteiger partial charge in [-0.1, -0.05) is 13.3 Å². The Morgan fingerprint density at radius 2 is 2.22 bits per heavy atom. The van der Waals surface area contributed by atoms with E-state index in [1.165, 1.54) is 19.5 Å². The second-order valence-electron chi connectivity index (χ2n) is 3.60. The van der Waals surface area contributed by atoms with Crippen LogP contribution in [-0.4, -0.2) is 40.2 Å². The van der Waals surface area contributed by atoms with Crippen LogP contribution in [0.4, 0.5) is 5.82 Å². The molecule has 18 heavy (non-hydrogen) atoms. The molecule has 0 aliphatic carbocycles. The molecule has 0 bridgehead atoms. The van der Waals surface area contributed by atoms with Gasteiger partial charge >= 0.3 is 11.9 Å². The third kappa shape index (κ3) is 3.69. The summed E-state index contributed by atoms with van der Waals surface area (Å²) in [5.74, 6) is -1.35. The Balaban J connectivity index is 2.83. The van der Waals surface area contributed by atoms with Gasteiger partial charge in [-0.3, -0.25) is 4.98 Å². The van der Waals surface area contributed by atoms with Gasteiger partial charge in [0, 0.05) is 0 Å². The number of nitrogens with one attached hydrogen (secondary N) is 1. The summed E-state index contributed by atoms with van der Waals surface area (Å²) in [6.45, 7) is 1.88. The average molecular weight is 253 g/mol. The van der Waals surface area contributed by atoms with Gasteiger partial charge in [0.25, 0.3) is 0 Å². The average Bonchev–Trinajstić information content (AvgIpc) is 2.37. The van der Waals surface area contributed by atoms with Crippen LogP contribution in [0.5, 0.6) is 0 Å². The van der Waals surface area contributed by atoms with Gasteiger partial charge in [0.2, 0.25) is 0 Å². The van der Waals surface area contributed by atoms with Crippen molar-refractivity contribution >= 4 is 17.8 Å². The van der Waals surface area contributed by atoms with Gasteiger partial charge in [0.15, 0.2) is 5.69 Å². The molecule has 1 atom stereocenters. The number of methoxy groups -OCH3 is 1. The van der Waals surface area contributed by atoms with Crippen molar-refractivity contribution < 1.29 is 19.4 Å². The van der Waals surface area contributed by atoms with Gasteiger partial charge in [-0.05, 0) is 6.42 Å². The Morgan fingerprint density at radius 3 is 2.78 bits per heavy atom. The van der Waals surface area contributed by atoms with Crippen molar-refractivity contribution in [3.8, 4) is 0 Å². The van der Waals surface area contributed by atoms with Crippen LogP contribution in [0.3, 0.4) is 0 Å². The largest absolute Gasteiger partial charge is 0.480 e. The number of carboxylic acids is 1. The van der Waals surface area contributed by atoms with Crippen LogP contribution in [0.15, 0.2) is 12.4 Å². The normalized spacial score (nSPS) is 11.7. The van der Waals surface area contributed by atoms with Crippen LogP contribution in [0.1, 0.15) is 30.3 Å². The highest BCUT2D eigenvalue weighted by Gasteiger charge is 2.17. The number of ether oxygens (including phenoxy) is 1. The van der Waals surface area contributed by atoms with Crippen LogP contribution < -0.4 is 5.32 Å². The van der Waals surface area contributed by atoms with Gasteiger partial charge in [0.1, 0.15) is 11.9 Å². The molecule has 0 saturated carbocycles. The van der Waals surface area contributed by atoms with E-state index >= 15 is 0 Å². The SMILES string of the molecule is CCCC(Nc1cncc(C(=O)OC)n1)C(=O)O. The Morgan fingerprint density at radius 1 is 1.50 bits per heavy atom. The number of esters is 1. The van der Waals surface area contributed by atoms with Gasteiger partial charge in [-0.15, -0.1) is 0 Å². The minimum absolute atomic E-state index is 0.0307. The zero-order valence-electron chi connectivity index (χ0n) is 10.2. The summed E-state index contributed by atoms with van der Waals surface area (Å²) in [7, 11) is 1.24. The highest BCUT2D eigenvalue weighted by molar-refractivity contribution is 5.87. The summed E-state index contributed by atoms with van der Waals surface area (Å²) < 4.78 is 4.51. The van der Waals surface area contributed by atoms with E-state index in [4.69, 9.17) is 5.11 Å². The van der Waals surface area contributed by atoms with Gasteiger partial charge in [0.05, 0.1) is 19.5 Å². The second-order valence-corrected chi connectivity index (χ2v) is 3.60. The number of aliphatic carboxylic acids is 1. The quantitative estimate of drug-likeness (QED) is 0.727. The molecule has 1 aromatic rings. The van der Waals surface area contributed by atoms with Gasteiger partial charge in [-0.2, -0.15) is 0 Å². The summed E-state index contributed by atoms with van der Waals surface area (Å²) in [4.78, 5) is 30.0. The number of hydrogen-bond donors (Lipinski definition) is 2. The van der Waals surface area contributed by atoms with Crippen molar-refractivity contribution in [2.45, 2.75) is 25.8 Å². The van der Waals surface area contributed by atoms with Crippen molar-refractivity contribution in [2.24, 2.45) is 0 Å². The fourth-order valence-electron chi connectivity index (χ4n) is 1.36. The molecule has 0 radical (unpaired) electrons. The minimum atomic E-state index is -0.970. The van der Waals surface area contributed by atoms with Crippen molar-refractivity contribution in [2.75, 3.05) is 12.4 Å². The third-order valence-corrected chi connectivity index (χ3v) is 2.23. The first kappa shape index (κ1) is 13.9. The summed E-state index contributed by atoms with van der Waals surface area (Å²) in [6, 6.07) is -0.753. The molecule has 1 rings (SSSR count). The van der Waals surface area contributed by atoms with Gasteiger partial charge < -0.3 is 15.2 Å². The third-order valence-electron chi connectivity index (χ3n) is 2.23. The standard InChI is InChI=1S/C11H15N3O4/c1-3-4-7(10(15)16)13-9-6-12-5-8(14-9)11(17)18-2/h5-7H,3-4H2,1-2H3,(H,13,14)(H,15,16). The maximum Gasteiger partial charge on any atom is 0.358 e. The topological polar surface area (TPSA) is 101 Å². The molecule has 1 unspecified atom stereocenters. The van der Waals surface area contributed by atoms with Gasteiger partial charge in [-0.25, -0.2) is 14.6 Å². The fourth-order valence-corrected chi connectivity index (χ4v) is 1.36. The Bertz CT molecular complexity index is 436. The lowest BCUT2D eigenvalue weighted by atomic mass is 10.2. The van der Waals surface area contributed by atoms with E-state index in [1.54, 1.807) is 0 Å². The van der Waals surface area contributed by atoms with Crippen molar-refractivity contribution in [1.82, 2.24) is 9.97 Å². The molecule has 0 aromatic carbocycles. The van der Waals surface area contributed by atoms with Crippen LogP contribution in [0.25, 0.3) is 0 Å². The summed E-state index contributed by atoms with van der Waals surface area (Å²) in [6.07, 6.45) is 3.79. The van der Waals surface area contributed by atoms with Crippen molar-refractivity contribution in [3.63, 3.8) is 0 Å². The Labute approximate surface area is 104 Å². The van der Waals surface area contributed by atoms with E-state index in [2.05, 4.69) is 20.0 Å². The van der Waals surface area contributed by atoms with E-state index in [0.29, 0.717) is 12.8 Å². The highest BCUT2D eigenvalue weighted by Crippen LogP contribution is 2.08. The molecule has 7 heteroatoms. The number of rotatable bonds is 6. The molecule has 0 fully saturated rings. The molecule has 7 nitrogen and oxygen atoms in total. The van der Waals surface area contributed by atoms with E-state index in [9.17, 15) is 9.59 Å². The Kier molecular flexibility index (Phi) is 5.04. The predicted molar refractivity (Wildman–Crippen MR) is 63.3 cm³/mol. The molecular formula is C11H15N3O4. The highest BCUT2D eigenvalue weighted by atomic mass is 16.5. The van der Waals surface area contributed by atoms with Crippen LogP contribution >= 0.6 is 0 Å². The van der Waals surface area contributed by atoms with Crippen LogP contribution in [0, 0.1) is 0 Å². The molecule has 1 heterocycles. The summed E-state index contributed by atoms with van der Waals surface area (Å²) in [5, 5.41) is 11.7. The first-order valence-electron chi connectivity index (χ1n) is 5.48. The van der Waals surface area contributed by atoms with Crippen molar-refractivity contribution in [3.05, 3.63) is 18.1 Å².